The van der Waals surface area contributed by atoms with Crippen LogP contribution in [0.15, 0.2) is 41.1 Å². The molecule has 0 aliphatic rings. The molecule has 2 aromatic rings. The molecule has 0 bridgehead atoms. The zero-order valence-electron chi connectivity index (χ0n) is 11.9. The van der Waals surface area contributed by atoms with E-state index in [4.69, 9.17) is 4.74 Å². The van der Waals surface area contributed by atoms with Gasteiger partial charge in [0, 0.05) is 6.07 Å². The molecular formula is C14H18N2O4S. The summed E-state index contributed by atoms with van der Waals surface area (Å²) in [5.74, 6) is 0.501. The van der Waals surface area contributed by atoms with Crippen LogP contribution < -0.4 is 9.46 Å². The van der Waals surface area contributed by atoms with E-state index in [0.29, 0.717) is 11.4 Å². The molecule has 0 fully saturated rings. The minimum absolute atomic E-state index is 0.210. The van der Waals surface area contributed by atoms with Gasteiger partial charge in [0.05, 0.1) is 11.7 Å². The molecule has 0 aliphatic heterocycles. The average molecular weight is 310 g/mol. The first-order chi connectivity index (χ1) is 9.94. The van der Waals surface area contributed by atoms with Crippen LogP contribution in [0.25, 0.3) is 0 Å². The molecule has 0 radical (unpaired) electrons. The number of hydrogen-bond acceptors (Lipinski definition) is 5. The van der Waals surface area contributed by atoms with Crippen molar-refractivity contribution in [3.8, 4) is 5.75 Å². The maximum Gasteiger partial charge on any atom is 0.217 e. The second-order valence-corrected chi connectivity index (χ2v) is 6.65. The number of sulfonamides is 1. The van der Waals surface area contributed by atoms with E-state index in [1.807, 2.05) is 31.2 Å². The topological polar surface area (TPSA) is 81.4 Å². The number of ether oxygens (including phenoxy) is 1. The number of rotatable bonds is 7. The van der Waals surface area contributed by atoms with E-state index in [1.165, 1.54) is 12.3 Å². The van der Waals surface area contributed by atoms with Gasteiger partial charge in [-0.05, 0) is 26.0 Å². The van der Waals surface area contributed by atoms with Crippen LogP contribution in [0.5, 0.6) is 5.75 Å². The lowest BCUT2D eigenvalue weighted by Gasteiger charge is -2.14. The SMILES string of the molecule is Cc1ccc(OC[C@H](C)NS(=O)(=O)Cc2ccon2)cc1. The van der Waals surface area contributed by atoms with Crippen molar-refractivity contribution in [2.24, 2.45) is 0 Å². The molecule has 1 aromatic heterocycles. The van der Waals surface area contributed by atoms with Crippen molar-refractivity contribution in [1.29, 1.82) is 0 Å². The first-order valence-corrected chi connectivity index (χ1v) is 8.18. The van der Waals surface area contributed by atoms with Crippen molar-refractivity contribution in [1.82, 2.24) is 9.88 Å². The van der Waals surface area contributed by atoms with Crippen molar-refractivity contribution in [3.05, 3.63) is 47.9 Å². The van der Waals surface area contributed by atoms with Gasteiger partial charge in [-0.3, -0.25) is 0 Å². The quantitative estimate of drug-likeness (QED) is 0.844. The number of nitrogens with one attached hydrogen (secondary N) is 1. The Labute approximate surface area is 124 Å². The largest absolute Gasteiger partial charge is 0.492 e. The summed E-state index contributed by atoms with van der Waals surface area (Å²) < 4.78 is 36.5. The minimum atomic E-state index is -3.47. The molecule has 0 saturated heterocycles. The molecular weight excluding hydrogens is 292 g/mol. The Kier molecular flexibility index (Phi) is 4.98. The van der Waals surface area contributed by atoms with Crippen LogP contribution in [0, 0.1) is 6.92 Å². The Hall–Kier alpha value is -1.86. The third-order valence-corrected chi connectivity index (χ3v) is 4.17. The van der Waals surface area contributed by atoms with E-state index in [2.05, 4.69) is 14.4 Å². The van der Waals surface area contributed by atoms with Gasteiger partial charge < -0.3 is 9.26 Å². The van der Waals surface area contributed by atoms with E-state index in [0.717, 1.165) is 5.56 Å². The molecule has 1 heterocycles. The van der Waals surface area contributed by atoms with Crippen molar-refractivity contribution in [2.45, 2.75) is 25.6 Å². The Morgan fingerprint density at radius 2 is 2.00 bits per heavy atom. The lowest BCUT2D eigenvalue weighted by atomic mass is 10.2. The summed E-state index contributed by atoms with van der Waals surface area (Å²) in [7, 11) is -3.47. The number of aromatic nitrogens is 1. The van der Waals surface area contributed by atoms with Gasteiger partial charge in [0.2, 0.25) is 10.0 Å². The molecule has 0 spiro atoms. The van der Waals surface area contributed by atoms with E-state index < -0.39 is 10.0 Å². The molecule has 1 atom stereocenters. The van der Waals surface area contributed by atoms with Crippen LogP contribution in [-0.2, 0) is 15.8 Å². The summed E-state index contributed by atoms with van der Waals surface area (Å²) in [6, 6.07) is 8.76. The highest BCUT2D eigenvalue weighted by molar-refractivity contribution is 7.88. The van der Waals surface area contributed by atoms with Gasteiger partial charge in [-0.1, -0.05) is 22.9 Å². The molecule has 0 saturated carbocycles. The smallest absolute Gasteiger partial charge is 0.217 e. The molecule has 0 amide bonds. The van der Waals surface area contributed by atoms with Crippen LogP contribution in [0.4, 0.5) is 0 Å². The second-order valence-electron chi connectivity index (χ2n) is 4.89. The molecule has 114 valence electrons. The summed E-state index contributed by atoms with van der Waals surface area (Å²) >= 11 is 0. The highest BCUT2D eigenvalue weighted by Gasteiger charge is 2.17. The van der Waals surface area contributed by atoms with E-state index in [9.17, 15) is 8.42 Å². The standard InChI is InChI=1S/C14H18N2O4S/c1-11-3-5-14(6-4-11)19-9-12(2)16-21(17,18)10-13-7-8-20-15-13/h3-8,12,16H,9-10H2,1-2H3/t12-/m0/s1. The van der Waals surface area contributed by atoms with Crippen LogP contribution in [0.3, 0.4) is 0 Å². The zero-order chi connectivity index (χ0) is 15.3. The van der Waals surface area contributed by atoms with Gasteiger partial charge in [0.25, 0.3) is 0 Å². The first-order valence-electron chi connectivity index (χ1n) is 6.53. The zero-order valence-corrected chi connectivity index (χ0v) is 12.8. The third kappa shape index (κ3) is 5.20. The van der Waals surface area contributed by atoms with Gasteiger partial charge in [-0.2, -0.15) is 0 Å². The first kappa shape index (κ1) is 15.5. The van der Waals surface area contributed by atoms with Crippen molar-refractivity contribution in [2.75, 3.05) is 6.61 Å². The fraction of sp³-hybridized carbons (Fsp3) is 0.357. The Morgan fingerprint density at radius 1 is 1.29 bits per heavy atom. The van der Waals surface area contributed by atoms with Gasteiger partial charge in [0.1, 0.15) is 24.4 Å². The van der Waals surface area contributed by atoms with Gasteiger partial charge >= 0.3 is 0 Å². The van der Waals surface area contributed by atoms with Crippen LogP contribution in [0.2, 0.25) is 0 Å². The lowest BCUT2D eigenvalue weighted by molar-refractivity contribution is 0.287. The maximum atomic E-state index is 11.9. The molecule has 1 N–H and O–H groups in total. The summed E-state index contributed by atoms with van der Waals surface area (Å²) in [5, 5.41) is 3.59. The molecule has 21 heavy (non-hydrogen) atoms. The summed E-state index contributed by atoms with van der Waals surface area (Å²) in [6.45, 7) is 3.99. The Bertz CT molecular complexity index is 651. The second kappa shape index (κ2) is 6.73. The van der Waals surface area contributed by atoms with Crippen molar-refractivity contribution < 1.29 is 17.7 Å². The summed E-state index contributed by atoms with van der Waals surface area (Å²) in [4.78, 5) is 0. The number of aryl methyl sites for hydroxylation is 1. The van der Waals surface area contributed by atoms with Crippen LogP contribution >= 0.6 is 0 Å². The minimum Gasteiger partial charge on any atom is -0.492 e. The highest BCUT2D eigenvalue weighted by Crippen LogP contribution is 2.11. The third-order valence-electron chi connectivity index (χ3n) is 2.73. The van der Waals surface area contributed by atoms with Gasteiger partial charge in [-0.15, -0.1) is 0 Å². The normalized spacial score (nSPS) is 13.0. The molecule has 1 aromatic carbocycles. The highest BCUT2D eigenvalue weighted by atomic mass is 32.2. The number of benzene rings is 1. The summed E-state index contributed by atoms with van der Waals surface area (Å²) in [5.41, 5.74) is 1.51. The predicted molar refractivity (Wildman–Crippen MR) is 78.4 cm³/mol. The number of nitrogens with zero attached hydrogens (tertiary/aromatic N) is 1. The van der Waals surface area contributed by atoms with Crippen molar-refractivity contribution in [3.63, 3.8) is 0 Å². The molecule has 7 heteroatoms. The van der Waals surface area contributed by atoms with E-state index in [1.54, 1.807) is 6.92 Å². The molecule has 0 unspecified atom stereocenters. The van der Waals surface area contributed by atoms with E-state index >= 15 is 0 Å². The van der Waals surface area contributed by atoms with Gasteiger partial charge in [-0.25, -0.2) is 13.1 Å². The predicted octanol–water partition coefficient (Wildman–Crippen LogP) is 1.87. The molecule has 2 rings (SSSR count). The molecule has 6 nitrogen and oxygen atoms in total. The van der Waals surface area contributed by atoms with E-state index in [-0.39, 0.29) is 18.4 Å². The summed E-state index contributed by atoms with van der Waals surface area (Å²) in [6.07, 6.45) is 1.34. The molecule has 0 aliphatic carbocycles. The Morgan fingerprint density at radius 3 is 2.62 bits per heavy atom. The monoisotopic (exact) mass is 310 g/mol. The maximum absolute atomic E-state index is 11.9. The van der Waals surface area contributed by atoms with Gasteiger partial charge in [0.15, 0.2) is 0 Å². The van der Waals surface area contributed by atoms with Crippen LogP contribution in [0.1, 0.15) is 18.2 Å². The van der Waals surface area contributed by atoms with Crippen LogP contribution in [-0.4, -0.2) is 26.2 Å². The van der Waals surface area contributed by atoms with Crippen molar-refractivity contribution >= 4 is 10.0 Å². The average Bonchev–Trinajstić information content (AvgIpc) is 2.89. The number of hydrogen-bond donors (Lipinski definition) is 1. The fourth-order valence-corrected chi connectivity index (χ4v) is 3.05. The fourth-order valence-electron chi connectivity index (χ4n) is 1.74. The lowest BCUT2D eigenvalue weighted by Crippen LogP contribution is -2.37. The Balaban J connectivity index is 1.83.